The number of hydrogen-bond donors (Lipinski definition) is 1. The Balaban J connectivity index is 1.41. The molecule has 2 fully saturated rings. The molecule has 2 aliphatic carbocycles. The highest BCUT2D eigenvalue weighted by atomic mass is 16.6. The summed E-state index contributed by atoms with van der Waals surface area (Å²) in [4.78, 5) is 29.0. The van der Waals surface area contributed by atoms with Gasteiger partial charge in [0.15, 0.2) is 11.5 Å². The van der Waals surface area contributed by atoms with Crippen LogP contribution in [0.4, 0.5) is 5.69 Å². The number of aromatic hydroxyl groups is 1. The Morgan fingerprint density at radius 3 is 2.95 bits per heavy atom. The van der Waals surface area contributed by atoms with Gasteiger partial charge in [0.05, 0.1) is 17.0 Å². The number of phenols is 1. The number of ether oxygens (including phenoxy) is 1. The maximum Gasteiger partial charge on any atom is 0.298 e. The van der Waals surface area contributed by atoms with E-state index in [0.29, 0.717) is 24.3 Å². The largest absolute Gasteiger partial charge is 0.504 e. The van der Waals surface area contributed by atoms with E-state index in [1.807, 2.05) is 37.3 Å². The van der Waals surface area contributed by atoms with E-state index in [4.69, 9.17) is 4.74 Å². The molecule has 196 valence electrons. The van der Waals surface area contributed by atoms with Crippen LogP contribution >= 0.6 is 0 Å². The van der Waals surface area contributed by atoms with Gasteiger partial charge >= 0.3 is 0 Å². The van der Waals surface area contributed by atoms with Gasteiger partial charge in [-0.25, -0.2) is 0 Å². The fourth-order valence-electron chi connectivity index (χ4n) is 7.70. The van der Waals surface area contributed by atoms with Crippen molar-refractivity contribution >= 4 is 11.6 Å². The zero-order valence-electron chi connectivity index (χ0n) is 21.6. The molecule has 38 heavy (non-hydrogen) atoms. The molecular formula is C30H31N3O5. The van der Waals surface area contributed by atoms with Crippen molar-refractivity contribution in [3.63, 3.8) is 0 Å². The summed E-state index contributed by atoms with van der Waals surface area (Å²) in [5.74, 6) is 5.85. The Morgan fingerprint density at radius 2 is 2.21 bits per heavy atom. The van der Waals surface area contributed by atoms with Gasteiger partial charge in [-0.3, -0.25) is 19.8 Å². The maximum absolute atomic E-state index is 13.3. The van der Waals surface area contributed by atoms with Gasteiger partial charge in [-0.05, 0) is 62.8 Å². The molecule has 0 aromatic heterocycles. The van der Waals surface area contributed by atoms with Crippen LogP contribution in [0.2, 0.25) is 0 Å². The number of nitrogens with zero attached hydrogens (tertiary/aromatic N) is 3. The number of rotatable bonds is 4. The predicted octanol–water partition coefficient (Wildman–Crippen LogP) is 3.71. The zero-order chi connectivity index (χ0) is 26.8. The quantitative estimate of drug-likeness (QED) is 0.290. The van der Waals surface area contributed by atoms with Gasteiger partial charge in [-0.2, -0.15) is 0 Å². The summed E-state index contributed by atoms with van der Waals surface area (Å²) in [5, 5.41) is 22.9. The molecule has 1 saturated heterocycles. The molecule has 8 nitrogen and oxygen atoms in total. The van der Waals surface area contributed by atoms with Crippen molar-refractivity contribution < 1.29 is 19.6 Å². The summed E-state index contributed by atoms with van der Waals surface area (Å²) in [5.41, 5.74) is 2.76. The Kier molecular flexibility index (Phi) is 5.73. The smallest absolute Gasteiger partial charge is 0.298 e. The molecule has 1 amide bonds. The van der Waals surface area contributed by atoms with Crippen molar-refractivity contribution in [1.29, 1.82) is 0 Å². The fourth-order valence-corrected chi connectivity index (χ4v) is 7.70. The van der Waals surface area contributed by atoms with Crippen molar-refractivity contribution in [1.82, 2.24) is 9.80 Å². The number of aryl methyl sites for hydroxylation is 1. The van der Waals surface area contributed by atoms with Gasteiger partial charge in [0.25, 0.3) is 11.6 Å². The van der Waals surface area contributed by atoms with Gasteiger partial charge in [-0.1, -0.05) is 24.1 Å². The Hall–Kier alpha value is -3.83. The van der Waals surface area contributed by atoms with E-state index in [1.165, 1.54) is 6.07 Å². The molecule has 1 N–H and O–H groups in total. The standard InChI is InChI=1S/C30H31N3O5/c1-4-13-32-14-12-30-21-9-10-22(31(3)26(35)11-8-19-7-5-6-18(2)15-19)29(30)38-28-25(34)17-23(33(36)37)20(27(28)30)16-24(21)32/h4-7,15,17,21-22,24,29,34H,1,9-10,12-14,16H2,2-3H3/t21-,22+,24+,29-,30-/m0/s1. The Bertz CT molecular complexity index is 1420. The monoisotopic (exact) mass is 513 g/mol. The fraction of sp³-hybridized carbons (Fsp3) is 0.433. The van der Waals surface area contributed by atoms with Crippen LogP contribution in [0, 0.1) is 34.8 Å². The highest BCUT2D eigenvalue weighted by Gasteiger charge is 2.67. The normalized spacial score (nSPS) is 28.4. The molecule has 0 radical (unpaired) electrons. The molecule has 8 heteroatoms. The van der Waals surface area contributed by atoms with Crippen LogP contribution in [0.15, 0.2) is 43.0 Å². The summed E-state index contributed by atoms with van der Waals surface area (Å²) in [6.45, 7) is 7.42. The van der Waals surface area contributed by atoms with Crippen LogP contribution in [0.3, 0.4) is 0 Å². The predicted molar refractivity (Wildman–Crippen MR) is 142 cm³/mol. The van der Waals surface area contributed by atoms with Crippen LogP contribution in [0.1, 0.15) is 41.5 Å². The first-order valence-electron chi connectivity index (χ1n) is 13.2. The van der Waals surface area contributed by atoms with Gasteiger partial charge < -0.3 is 14.7 Å². The maximum atomic E-state index is 13.3. The molecule has 0 unspecified atom stereocenters. The number of carbonyl (C=O) groups excluding carboxylic acids is 1. The van der Waals surface area contributed by atoms with Crippen molar-refractivity contribution in [2.75, 3.05) is 20.1 Å². The first-order chi connectivity index (χ1) is 18.3. The molecule has 1 saturated carbocycles. The number of likely N-dealkylation sites (N-methyl/N-ethyl adjacent to an activating group) is 1. The second-order valence-corrected chi connectivity index (χ2v) is 11.0. The summed E-state index contributed by atoms with van der Waals surface area (Å²) in [6, 6.07) is 8.79. The lowest BCUT2D eigenvalue weighted by Crippen LogP contribution is -2.68. The Labute approximate surface area is 222 Å². The van der Waals surface area contributed by atoms with E-state index < -0.39 is 16.4 Å². The van der Waals surface area contributed by atoms with E-state index in [9.17, 15) is 20.0 Å². The summed E-state index contributed by atoms with van der Waals surface area (Å²) in [7, 11) is 1.76. The van der Waals surface area contributed by atoms with E-state index in [2.05, 4.69) is 23.3 Å². The number of benzene rings is 2. The lowest BCUT2D eigenvalue weighted by atomic mass is 9.50. The van der Waals surface area contributed by atoms with Crippen molar-refractivity contribution in [3.05, 3.63) is 75.4 Å². The third-order valence-corrected chi connectivity index (χ3v) is 9.22. The van der Waals surface area contributed by atoms with Gasteiger partial charge in [0.2, 0.25) is 0 Å². The number of carbonyl (C=O) groups is 1. The molecule has 1 spiro atoms. The first kappa shape index (κ1) is 24.5. The highest BCUT2D eigenvalue weighted by molar-refractivity contribution is 5.94. The summed E-state index contributed by atoms with van der Waals surface area (Å²) in [6.07, 6.45) is 4.34. The highest BCUT2D eigenvalue weighted by Crippen LogP contribution is 2.65. The SMILES string of the molecule is C=CCN1CC[C@]23c4c5c([N+](=O)[O-])cc(O)c4O[C@H]2[C@H](N(C)C(=O)C#Cc2cccc(C)c2)CC[C@H]3[C@H]1C5. The molecule has 4 aliphatic rings. The van der Waals surface area contributed by atoms with E-state index >= 15 is 0 Å². The molecular weight excluding hydrogens is 482 g/mol. The Morgan fingerprint density at radius 1 is 1.39 bits per heavy atom. The topological polar surface area (TPSA) is 96.2 Å². The third-order valence-electron chi connectivity index (χ3n) is 9.22. The number of piperidine rings is 1. The molecule has 2 aromatic carbocycles. The average Bonchev–Trinajstić information content (AvgIpc) is 3.24. The first-order valence-corrected chi connectivity index (χ1v) is 13.2. The summed E-state index contributed by atoms with van der Waals surface area (Å²) >= 11 is 0. The molecule has 6 rings (SSSR count). The zero-order valence-corrected chi connectivity index (χ0v) is 21.6. The number of nitro groups is 1. The third kappa shape index (κ3) is 3.45. The lowest BCUT2D eigenvalue weighted by molar-refractivity contribution is -0.385. The second kappa shape index (κ2) is 8.88. The number of hydrogen-bond acceptors (Lipinski definition) is 6. The van der Waals surface area contributed by atoms with Gasteiger partial charge in [-0.15, -0.1) is 6.58 Å². The lowest BCUT2D eigenvalue weighted by Gasteiger charge is -2.60. The van der Waals surface area contributed by atoms with Crippen molar-refractivity contribution in [3.8, 4) is 23.3 Å². The minimum atomic E-state index is -0.504. The van der Waals surface area contributed by atoms with Gasteiger partial charge in [0.1, 0.15) is 6.10 Å². The van der Waals surface area contributed by atoms with Gasteiger partial charge in [0, 0.05) is 47.7 Å². The van der Waals surface area contributed by atoms with Crippen LogP contribution in [-0.4, -0.2) is 64.1 Å². The summed E-state index contributed by atoms with van der Waals surface area (Å²) < 4.78 is 6.55. The molecule has 2 heterocycles. The molecule has 2 bridgehead atoms. The molecule has 2 aliphatic heterocycles. The second-order valence-electron chi connectivity index (χ2n) is 11.0. The molecule has 2 aromatic rings. The van der Waals surface area contributed by atoms with E-state index in [1.54, 1.807) is 11.9 Å². The van der Waals surface area contributed by atoms with Crippen LogP contribution in [-0.2, 0) is 16.6 Å². The van der Waals surface area contributed by atoms with E-state index in [0.717, 1.165) is 42.5 Å². The van der Waals surface area contributed by atoms with Crippen LogP contribution in [0.25, 0.3) is 0 Å². The molecule has 5 atom stereocenters. The minimum absolute atomic E-state index is 0.0515. The minimum Gasteiger partial charge on any atom is -0.504 e. The van der Waals surface area contributed by atoms with Crippen LogP contribution < -0.4 is 4.74 Å². The number of nitro benzene ring substituents is 1. The number of amides is 1. The van der Waals surface area contributed by atoms with Crippen molar-refractivity contribution in [2.24, 2.45) is 5.92 Å². The number of phenolic OH excluding ortho intramolecular Hbond substituents is 1. The number of likely N-dealkylation sites (tertiary alicyclic amines) is 1. The van der Waals surface area contributed by atoms with E-state index in [-0.39, 0.29) is 35.3 Å². The van der Waals surface area contributed by atoms with Crippen molar-refractivity contribution in [2.45, 2.75) is 56.2 Å². The average molecular weight is 514 g/mol. The van der Waals surface area contributed by atoms with Crippen LogP contribution in [0.5, 0.6) is 11.5 Å².